The number of hydrogen-bond donors (Lipinski definition) is 1. The van der Waals surface area contributed by atoms with Crippen LogP contribution in [0.3, 0.4) is 0 Å². The molecule has 0 radical (unpaired) electrons. The highest BCUT2D eigenvalue weighted by atomic mass is 16.5. The van der Waals surface area contributed by atoms with Crippen LogP contribution in [0.1, 0.15) is 26.2 Å². The van der Waals surface area contributed by atoms with Crippen molar-refractivity contribution in [2.45, 2.75) is 32.2 Å². The molecule has 17 heavy (non-hydrogen) atoms. The second kappa shape index (κ2) is 5.30. The number of nitrogens with one attached hydrogen (secondary N) is 1. The van der Waals surface area contributed by atoms with Gasteiger partial charge in [-0.3, -0.25) is 0 Å². The van der Waals surface area contributed by atoms with E-state index in [-0.39, 0.29) is 0 Å². The summed E-state index contributed by atoms with van der Waals surface area (Å²) in [6.45, 7) is 2.31. The van der Waals surface area contributed by atoms with Crippen LogP contribution in [0.4, 0.5) is 5.69 Å². The van der Waals surface area contributed by atoms with Crippen molar-refractivity contribution in [2.75, 3.05) is 19.5 Å². The van der Waals surface area contributed by atoms with Gasteiger partial charge in [0.1, 0.15) is 11.5 Å². The van der Waals surface area contributed by atoms with E-state index in [1.165, 1.54) is 19.3 Å². The fourth-order valence-electron chi connectivity index (χ4n) is 2.46. The van der Waals surface area contributed by atoms with E-state index in [0.29, 0.717) is 6.04 Å². The molecule has 0 aromatic heterocycles. The molecule has 0 aliphatic heterocycles. The number of rotatable bonds is 4. The Morgan fingerprint density at radius 2 is 1.71 bits per heavy atom. The van der Waals surface area contributed by atoms with Crippen LogP contribution >= 0.6 is 0 Å². The molecule has 3 heteroatoms. The van der Waals surface area contributed by atoms with Crippen molar-refractivity contribution in [2.24, 2.45) is 5.92 Å². The Hall–Kier alpha value is -1.38. The highest BCUT2D eigenvalue weighted by molar-refractivity contribution is 5.54. The Bertz CT molecular complexity index is 356. The van der Waals surface area contributed by atoms with Crippen molar-refractivity contribution < 1.29 is 9.47 Å². The van der Waals surface area contributed by atoms with E-state index in [2.05, 4.69) is 12.2 Å². The Kier molecular flexibility index (Phi) is 3.77. The van der Waals surface area contributed by atoms with Crippen LogP contribution < -0.4 is 14.8 Å². The molecular weight excluding hydrogens is 214 g/mol. The molecule has 2 unspecified atom stereocenters. The van der Waals surface area contributed by atoms with E-state index in [4.69, 9.17) is 9.47 Å². The Balaban J connectivity index is 2.14. The third-order valence-electron chi connectivity index (χ3n) is 3.56. The molecule has 94 valence electrons. The lowest BCUT2D eigenvalue weighted by Crippen LogP contribution is -2.21. The summed E-state index contributed by atoms with van der Waals surface area (Å²) in [6, 6.07) is 6.51. The molecule has 0 heterocycles. The monoisotopic (exact) mass is 235 g/mol. The van der Waals surface area contributed by atoms with E-state index in [1.807, 2.05) is 18.2 Å². The molecule has 1 aliphatic rings. The maximum absolute atomic E-state index is 5.27. The fourth-order valence-corrected chi connectivity index (χ4v) is 2.46. The molecule has 0 amide bonds. The molecule has 1 N–H and O–H groups in total. The summed E-state index contributed by atoms with van der Waals surface area (Å²) >= 11 is 0. The van der Waals surface area contributed by atoms with E-state index in [0.717, 1.165) is 23.1 Å². The molecule has 2 atom stereocenters. The van der Waals surface area contributed by atoms with Crippen LogP contribution in [0.25, 0.3) is 0 Å². The molecule has 0 spiro atoms. The molecule has 1 saturated carbocycles. The van der Waals surface area contributed by atoms with Gasteiger partial charge in [-0.2, -0.15) is 0 Å². The lowest BCUT2D eigenvalue weighted by atomic mass is 10.1. The Morgan fingerprint density at radius 3 is 2.18 bits per heavy atom. The van der Waals surface area contributed by atoms with Crippen molar-refractivity contribution in [3.8, 4) is 11.5 Å². The van der Waals surface area contributed by atoms with Crippen molar-refractivity contribution in [1.29, 1.82) is 0 Å². The highest BCUT2D eigenvalue weighted by Crippen LogP contribution is 2.31. The first-order valence-corrected chi connectivity index (χ1v) is 6.22. The van der Waals surface area contributed by atoms with E-state index < -0.39 is 0 Å². The fraction of sp³-hybridized carbons (Fsp3) is 0.571. The number of hydrogen-bond acceptors (Lipinski definition) is 3. The summed E-state index contributed by atoms with van der Waals surface area (Å²) in [6.07, 6.45) is 3.89. The summed E-state index contributed by atoms with van der Waals surface area (Å²) in [5.41, 5.74) is 1.08. The predicted octanol–water partition coefficient (Wildman–Crippen LogP) is 3.30. The summed E-state index contributed by atoms with van der Waals surface area (Å²) in [5, 5.41) is 3.58. The van der Waals surface area contributed by atoms with Gasteiger partial charge in [0, 0.05) is 29.9 Å². The van der Waals surface area contributed by atoms with Gasteiger partial charge in [-0.25, -0.2) is 0 Å². The maximum atomic E-state index is 5.27. The summed E-state index contributed by atoms with van der Waals surface area (Å²) < 4.78 is 10.5. The smallest absolute Gasteiger partial charge is 0.124 e. The van der Waals surface area contributed by atoms with Crippen LogP contribution in [0.2, 0.25) is 0 Å². The molecule has 2 rings (SSSR count). The first-order chi connectivity index (χ1) is 8.22. The van der Waals surface area contributed by atoms with Crippen LogP contribution in [-0.2, 0) is 0 Å². The second-order valence-corrected chi connectivity index (χ2v) is 4.76. The van der Waals surface area contributed by atoms with E-state index in [1.54, 1.807) is 14.2 Å². The predicted molar refractivity (Wildman–Crippen MR) is 70.0 cm³/mol. The van der Waals surface area contributed by atoms with E-state index >= 15 is 0 Å². The highest BCUT2D eigenvalue weighted by Gasteiger charge is 2.23. The van der Waals surface area contributed by atoms with Crippen molar-refractivity contribution in [3.63, 3.8) is 0 Å². The van der Waals surface area contributed by atoms with Crippen LogP contribution in [-0.4, -0.2) is 20.3 Å². The number of benzene rings is 1. The average molecular weight is 235 g/mol. The van der Waals surface area contributed by atoms with Gasteiger partial charge in [0.25, 0.3) is 0 Å². The zero-order valence-corrected chi connectivity index (χ0v) is 10.8. The van der Waals surface area contributed by atoms with Crippen LogP contribution in [0, 0.1) is 5.92 Å². The number of anilines is 1. The van der Waals surface area contributed by atoms with Crippen LogP contribution in [0.5, 0.6) is 11.5 Å². The zero-order valence-electron chi connectivity index (χ0n) is 10.8. The molecule has 1 aromatic rings. The van der Waals surface area contributed by atoms with Gasteiger partial charge in [-0.1, -0.05) is 13.3 Å². The lowest BCUT2D eigenvalue weighted by molar-refractivity contribution is 0.394. The minimum atomic E-state index is 0.576. The molecule has 1 fully saturated rings. The van der Waals surface area contributed by atoms with Gasteiger partial charge in [0.2, 0.25) is 0 Å². The van der Waals surface area contributed by atoms with Gasteiger partial charge >= 0.3 is 0 Å². The van der Waals surface area contributed by atoms with Crippen molar-refractivity contribution >= 4 is 5.69 Å². The first-order valence-electron chi connectivity index (χ1n) is 6.22. The van der Waals surface area contributed by atoms with Crippen molar-refractivity contribution in [3.05, 3.63) is 18.2 Å². The average Bonchev–Trinajstić information content (AvgIpc) is 2.74. The summed E-state index contributed by atoms with van der Waals surface area (Å²) in [5.74, 6) is 2.40. The third kappa shape index (κ3) is 2.84. The van der Waals surface area contributed by atoms with E-state index in [9.17, 15) is 0 Å². The standard InChI is InChI=1S/C14H21NO2/c1-10-5-4-6-14(10)15-11-7-12(16-2)9-13(8-11)17-3/h7-10,14-15H,4-6H2,1-3H3. The molecule has 1 aliphatic carbocycles. The number of ether oxygens (including phenoxy) is 2. The molecule has 0 bridgehead atoms. The largest absolute Gasteiger partial charge is 0.497 e. The van der Waals surface area contributed by atoms with Gasteiger partial charge in [-0.05, 0) is 18.8 Å². The molecule has 1 aromatic carbocycles. The maximum Gasteiger partial charge on any atom is 0.124 e. The van der Waals surface area contributed by atoms with Crippen molar-refractivity contribution in [1.82, 2.24) is 0 Å². The SMILES string of the molecule is COc1cc(NC2CCCC2C)cc(OC)c1. The Labute approximate surface area is 103 Å². The van der Waals surface area contributed by atoms with Crippen LogP contribution in [0.15, 0.2) is 18.2 Å². The quantitative estimate of drug-likeness (QED) is 0.868. The zero-order chi connectivity index (χ0) is 12.3. The minimum Gasteiger partial charge on any atom is -0.497 e. The van der Waals surface area contributed by atoms with Gasteiger partial charge < -0.3 is 14.8 Å². The summed E-state index contributed by atoms with van der Waals surface area (Å²) in [7, 11) is 3.35. The lowest BCUT2D eigenvalue weighted by Gasteiger charge is -2.19. The number of methoxy groups -OCH3 is 2. The second-order valence-electron chi connectivity index (χ2n) is 4.76. The topological polar surface area (TPSA) is 30.5 Å². The molecule has 3 nitrogen and oxygen atoms in total. The Morgan fingerprint density at radius 1 is 1.06 bits per heavy atom. The third-order valence-corrected chi connectivity index (χ3v) is 3.56. The van der Waals surface area contributed by atoms with Gasteiger partial charge in [-0.15, -0.1) is 0 Å². The first kappa shape index (κ1) is 12.1. The van der Waals surface area contributed by atoms with Gasteiger partial charge in [0.15, 0.2) is 0 Å². The normalized spacial score (nSPS) is 23.5. The molecular formula is C14H21NO2. The van der Waals surface area contributed by atoms with Gasteiger partial charge in [0.05, 0.1) is 14.2 Å². The molecule has 0 saturated heterocycles. The summed E-state index contributed by atoms with van der Waals surface area (Å²) in [4.78, 5) is 0. The minimum absolute atomic E-state index is 0.576.